The van der Waals surface area contributed by atoms with E-state index in [-0.39, 0.29) is 45.8 Å². The Kier molecular flexibility index (Phi) is 11.9. The van der Waals surface area contributed by atoms with Crippen LogP contribution >= 0.6 is 0 Å². The fourth-order valence-corrected chi connectivity index (χ4v) is 6.08. The van der Waals surface area contributed by atoms with E-state index >= 15 is 0 Å². The molecule has 6 aromatic rings. The fraction of sp³-hybridized carbons (Fsp3) is 0.227. The SMILES string of the molecule is CCCNC(=O)c1cc2ccccc2c(N=Nc2ccc(CCc3ccc(N=Nc4c(O)c(C(=O)NCC[N+](C)(C)C)cc5ccccc45)cc3)cc2)c1O. The van der Waals surface area contributed by atoms with Gasteiger partial charge in [0.25, 0.3) is 11.8 Å². The lowest BCUT2D eigenvalue weighted by molar-refractivity contribution is -0.869. The van der Waals surface area contributed by atoms with Crippen LogP contribution in [-0.2, 0) is 12.8 Å². The summed E-state index contributed by atoms with van der Waals surface area (Å²) in [7, 11) is 6.15. The number of hydrogen-bond acceptors (Lipinski definition) is 8. The third-order valence-corrected chi connectivity index (χ3v) is 9.19. The van der Waals surface area contributed by atoms with Gasteiger partial charge in [-0.15, -0.1) is 10.2 Å². The number of carbonyl (C=O) groups excluding carboxylic acids is 2. The van der Waals surface area contributed by atoms with Gasteiger partial charge in [-0.3, -0.25) is 9.59 Å². The molecule has 0 heterocycles. The average Bonchev–Trinajstić information content (AvgIpc) is 3.18. The van der Waals surface area contributed by atoms with Crippen molar-refractivity contribution in [3.63, 3.8) is 0 Å². The number of aromatic hydroxyl groups is 2. The molecule has 0 atom stereocenters. The highest BCUT2D eigenvalue weighted by Crippen LogP contribution is 2.40. The van der Waals surface area contributed by atoms with Gasteiger partial charge in [0.15, 0.2) is 11.5 Å². The molecule has 0 bridgehead atoms. The number of phenols is 2. The lowest BCUT2D eigenvalue weighted by Crippen LogP contribution is -2.41. The predicted molar refractivity (Wildman–Crippen MR) is 218 cm³/mol. The number of aryl methyl sites for hydroxylation is 2. The van der Waals surface area contributed by atoms with E-state index in [1.807, 2.05) is 104 Å². The van der Waals surface area contributed by atoms with E-state index in [9.17, 15) is 19.8 Å². The number of benzene rings is 6. The van der Waals surface area contributed by atoms with Crippen molar-refractivity contribution in [2.45, 2.75) is 26.2 Å². The summed E-state index contributed by atoms with van der Waals surface area (Å²) in [6, 6.07) is 33.8. The summed E-state index contributed by atoms with van der Waals surface area (Å²) in [6.07, 6.45) is 2.37. The first-order valence-corrected chi connectivity index (χ1v) is 18.4. The van der Waals surface area contributed by atoms with Crippen LogP contribution in [0.4, 0.5) is 22.7 Å². The molecule has 0 fully saturated rings. The van der Waals surface area contributed by atoms with Gasteiger partial charge < -0.3 is 25.3 Å². The van der Waals surface area contributed by atoms with Crippen LogP contribution < -0.4 is 10.6 Å². The summed E-state index contributed by atoms with van der Waals surface area (Å²) in [5.74, 6) is -1.12. The molecule has 0 saturated carbocycles. The number of nitrogens with one attached hydrogen (secondary N) is 2. The van der Waals surface area contributed by atoms with Crippen LogP contribution in [0, 0.1) is 0 Å². The maximum atomic E-state index is 13.0. The molecule has 0 radical (unpaired) electrons. The monoisotopic (exact) mass is 736 g/mol. The van der Waals surface area contributed by atoms with Gasteiger partial charge >= 0.3 is 0 Å². The zero-order valence-electron chi connectivity index (χ0n) is 31.6. The van der Waals surface area contributed by atoms with E-state index in [4.69, 9.17) is 0 Å². The number of phenolic OH excluding ortho intramolecular Hbond substituents is 2. The van der Waals surface area contributed by atoms with Crippen molar-refractivity contribution in [1.82, 2.24) is 10.6 Å². The minimum atomic E-state index is -0.360. The normalized spacial score (nSPS) is 11.9. The smallest absolute Gasteiger partial charge is 0.255 e. The molecule has 11 heteroatoms. The zero-order chi connectivity index (χ0) is 39.0. The van der Waals surface area contributed by atoms with Crippen LogP contribution in [0.1, 0.15) is 45.2 Å². The molecule has 280 valence electrons. The highest BCUT2D eigenvalue weighted by atomic mass is 16.3. The Morgan fingerprint density at radius 3 is 1.42 bits per heavy atom. The Labute approximate surface area is 320 Å². The van der Waals surface area contributed by atoms with E-state index < -0.39 is 0 Å². The molecule has 6 rings (SSSR count). The molecule has 0 aliphatic carbocycles. The van der Waals surface area contributed by atoms with Crippen molar-refractivity contribution in [2.75, 3.05) is 40.8 Å². The quantitative estimate of drug-likeness (QED) is 0.0651. The molecule has 0 aromatic heterocycles. The van der Waals surface area contributed by atoms with E-state index in [1.165, 1.54) is 0 Å². The summed E-state index contributed by atoms with van der Waals surface area (Å²) in [5, 5.41) is 48.5. The summed E-state index contributed by atoms with van der Waals surface area (Å²) < 4.78 is 0.703. The number of likely N-dealkylation sites (N-methyl/N-ethyl adjacent to an activating group) is 1. The summed E-state index contributed by atoms with van der Waals surface area (Å²) in [4.78, 5) is 25.8. The Hall–Kier alpha value is -6.46. The number of fused-ring (bicyclic) bond motifs is 2. The zero-order valence-corrected chi connectivity index (χ0v) is 31.6. The lowest BCUT2D eigenvalue weighted by atomic mass is 10.0. The van der Waals surface area contributed by atoms with E-state index in [2.05, 4.69) is 52.2 Å². The highest BCUT2D eigenvalue weighted by Gasteiger charge is 2.20. The Morgan fingerprint density at radius 1 is 0.582 bits per heavy atom. The molecular weight excluding hydrogens is 691 g/mol. The maximum Gasteiger partial charge on any atom is 0.255 e. The number of amides is 2. The Bertz CT molecular complexity index is 2380. The van der Waals surface area contributed by atoms with Gasteiger partial charge in [0, 0.05) is 17.3 Å². The van der Waals surface area contributed by atoms with Gasteiger partial charge in [0.05, 0.1) is 56.7 Å². The minimum Gasteiger partial charge on any atom is -0.505 e. The van der Waals surface area contributed by atoms with Gasteiger partial charge in [-0.2, -0.15) is 10.2 Å². The molecule has 0 unspecified atom stereocenters. The van der Waals surface area contributed by atoms with Gasteiger partial charge in [0.1, 0.15) is 11.4 Å². The van der Waals surface area contributed by atoms with Crippen LogP contribution in [0.15, 0.2) is 130 Å². The number of rotatable bonds is 14. The standard InChI is InChI=1S/C44H45N7O4/c1-5-24-45-43(54)37-27-31-10-6-8-12-35(31)39(41(37)52)49-47-33-20-16-29(17-21-33)14-15-30-18-22-34(23-19-30)48-50-40-36-13-9-7-11-32(36)28-38(42(40)53)44(55)46-25-26-51(2,3)4/h6-13,16-23,27-28H,5,14-15,24-26H2,1-4H3,(H3-,45,46,47,48,52,53,54,55)/p+1. The van der Waals surface area contributed by atoms with Gasteiger partial charge in [0.2, 0.25) is 0 Å². The molecular formula is C44H46N7O4+. The fourth-order valence-electron chi connectivity index (χ4n) is 6.08. The van der Waals surface area contributed by atoms with Crippen LogP contribution in [0.5, 0.6) is 11.5 Å². The Morgan fingerprint density at radius 2 is 1.00 bits per heavy atom. The van der Waals surface area contributed by atoms with Crippen molar-refractivity contribution in [1.29, 1.82) is 0 Å². The van der Waals surface area contributed by atoms with E-state index in [0.717, 1.165) is 47.7 Å². The summed E-state index contributed by atoms with van der Waals surface area (Å²) >= 11 is 0. The number of nitrogens with zero attached hydrogens (tertiary/aromatic N) is 5. The molecule has 0 saturated heterocycles. The van der Waals surface area contributed by atoms with Crippen molar-refractivity contribution < 1.29 is 24.3 Å². The van der Waals surface area contributed by atoms with Crippen LogP contribution in [-0.4, -0.2) is 67.3 Å². The molecule has 55 heavy (non-hydrogen) atoms. The Balaban J connectivity index is 1.11. The van der Waals surface area contributed by atoms with Crippen LogP contribution in [0.25, 0.3) is 21.5 Å². The van der Waals surface area contributed by atoms with Crippen molar-refractivity contribution >= 4 is 56.1 Å². The molecule has 0 aliphatic rings. The summed E-state index contributed by atoms with van der Waals surface area (Å²) in [6.45, 7) is 3.68. The van der Waals surface area contributed by atoms with Gasteiger partial charge in [-0.1, -0.05) is 79.7 Å². The van der Waals surface area contributed by atoms with Gasteiger partial charge in [-0.05, 0) is 77.6 Å². The average molecular weight is 737 g/mol. The van der Waals surface area contributed by atoms with Crippen molar-refractivity contribution in [3.8, 4) is 11.5 Å². The molecule has 4 N–H and O–H groups in total. The third-order valence-electron chi connectivity index (χ3n) is 9.19. The number of carbonyl (C=O) groups is 2. The largest absolute Gasteiger partial charge is 0.505 e. The van der Waals surface area contributed by atoms with E-state index in [0.29, 0.717) is 39.7 Å². The molecule has 2 amide bonds. The van der Waals surface area contributed by atoms with Crippen LogP contribution in [0.3, 0.4) is 0 Å². The first kappa shape index (κ1) is 38.3. The van der Waals surface area contributed by atoms with Crippen molar-refractivity contribution in [3.05, 3.63) is 131 Å². The topological polar surface area (TPSA) is 148 Å². The second kappa shape index (κ2) is 17.1. The summed E-state index contributed by atoms with van der Waals surface area (Å²) in [5.41, 5.74) is 4.29. The van der Waals surface area contributed by atoms with Crippen molar-refractivity contribution in [2.24, 2.45) is 20.5 Å². The van der Waals surface area contributed by atoms with Gasteiger partial charge in [-0.25, -0.2) is 0 Å². The third kappa shape index (κ3) is 9.56. The number of quaternary nitrogens is 1. The second-order valence-corrected chi connectivity index (χ2v) is 14.4. The van der Waals surface area contributed by atoms with E-state index in [1.54, 1.807) is 12.1 Å². The molecule has 0 aliphatic heterocycles. The highest BCUT2D eigenvalue weighted by molar-refractivity contribution is 6.07. The number of hydrogen-bond donors (Lipinski definition) is 4. The first-order valence-electron chi connectivity index (χ1n) is 18.4. The first-order chi connectivity index (χ1) is 26.5. The molecule has 6 aromatic carbocycles. The second-order valence-electron chi connectivity index (χ2n) is 14.4. The lowest BCUT2D eigenvalue weighted by Gasteiger charge is -2.23. The number of azo groups is 2. The minimum absolute atomic E-state index is 0.159. The predicted octanol–water partition coefficient (Wildman–Crippen LogP) is 9.60. The molecule has 0 spiro atoms. The maximum absolute atomic E-state index is 13.0. The molecule has 11 nitrogen and oxygen atoms in total. The van der Waals surface area contributed by atoms with Crippen LogP contribution in [0.2, 0.25) is 0 Å².